The number of hydrogen-bond acceptors (Lipinski definition) is 5. The van der Waals surface area contributed by atoms with Crippen LogP contribution in [0.15, 0.2) is 35.5 Å². The minimum absolute atomic E-state index is 0.117. The van der Waals surface area contributed by atoms with Crippen molar-refractivity contribution in [3.8, 4) is 0 Å². The highest BCUT2D eigenvalue weighted by Crippen LogP contribution is 2.34. The van der Waals surface area contributed by atoms with Crippen molar-refractivity contribution < 1.29 is 4.79 Å². The number of amides is 1. The van der Waals surface area contributed by atoms with Gasteiger partial charge in [-0.2, -0.15) is 0 Å². The predicted octanol–water partition coefficient (Wildman–Crippen LogP) is 2.35. The van der Waals surface area contributed by atoms with E-state index in [1.54, 1.807) is 0 Å². The van der Waals surface area contributed by atoms with Crippen LogP contribution in [-0.4, -0.2) is 31.4 Å². The largest absolute Gasteiger partial charge is 0.324 e. The molecule has 1 saturated carbocycles. The molecule has 1 aromatic carbocycles. The smallest absolute Gasteiger partial charge is 0.246 e. The Bertz CT molecular complexity index is 578. The maximum atomic E-state index is 11.8. The van der Waals surface area contributed by atoms with E-state index >= 15 is 0 Å². The number of carbonyl (C=O) groups is 1. The lowest BCUT2D eigenvalue weighted by Crippen LogP contribution is -2.19. The molecule has 1 N–H and O–H groups in total. The van der Waals surface area contributed by atoms with E-state index < -0.39 is 0 Å². The van der Waals surface area contributed by atoms with Gasteiger partial charge in [0, 0.05) is 15.8 Å². The minimum Gasteiger partial charge on any atom is -0.324 e. The Labute approximate surface area is 127 Å². The summed E-state index contributed by atoms with van der Waals surface area (Å²) in [6.45, 7) is 0.117. The van der Waals surface area contributed by atoms with Gasteiger partial charge in [-0.25, -0.2) is 4.68 Å². The lowest BCUT2D eigenvalue weighted by atomic mass is 10.3. The fourth-order valence-electron chi connectivity index (χ4n) is 2.42. The Hall–Kier alpha value is -1.89. The molecule has 1 amide bonds. The van der Waals surface area contributed by atoms with Crippen LogP contribution in [-0.2, 0) is 11.3 Å². The lowest BCUT2D eigenvalue weighted by molar-refractivity contribution is -0.116. The summed E-state index contributed by atoms with van der Waals surface area (Å²) in [5.74, 6) is -0.140. The summed E-state index contributed by atoms with van der Waals surface area (Å²) in [6.07, 6.45) is 6.75. The van der Waals surface area contributed by atoms with Crippen molar-refractivity contribution in [1.82, 2.24) is 20.2 Å². The molecule has 1 fully saturated rings. The third kappa shape index (κ3) is 4.04. The summed E-state index contributed by atoms with van der Waals surface area (Å²) in [7, 11) is 0. The van der Waals surface area contributed by atoms with Gasteiger partial charge in [0.1, 0.15) is 12.9 Å². The van der Waals surface area contributed by atoms with Gasteiger partial charge in [0.25, 0.3) is 0 Å². The number of nitrogens with zero attached hydrogens (tertiary/aromatic N) is 4. The maximum Gasteiger partial charge on any atom is 0.246 e. The quantitative estimate of drug-likeness (QED) is 0.918. The van der Waals surface area contributed by atoms with Crippen LogP contribution >= 0.6 is 11.8 Å². The maximum absolute atomic E-state index is 11.8. The zero-order chi connectivity index (χ0) is 14.5. The second kappa shape index (κ2) is 6.71. The molecule has 0 aliphatic heterocycles. The standard InChI is InChI=1S/C14H17N5OS/c20-14(9-19-10-15-17-18-19)16-11-5-7-13(8-6-11)21-12-3-1-2-4-12/h5-8,10,12H,1-4,9H2,(H,16,20). The topological polar surface area (TPSA) is 72.7 Å². The molecule has 2 aromatic rings. The molecule has 6 nitrogen and oxygen atoms in total. The van der Waals surface area contributed by atoms with Crippen molar-refractivity contribution >= 4 is 23.4 Å². The molecular formula is C14H17N5OS. The van der Waals surface area contributed by atoms with Crippen molar-refractivity contribution in [2.24, 2.45) is 0 Å². The van der Waals surface area contributed by atoms with Crippen molar-refractivity contribution in [3.63, 3.8) is 0 Å². The third-order valence-corrected chi connectivity index (χ3v) is 4.79. The number of anilines is 1. The van der Waals surface area contributed by atoms with Gasteiger partial charge in [0.2, 0.25) is 5.91 Å². The van der Waals surface area contributed by atoms with Gasteiger partial charge in [-0.05, 0) is 47.5 Å². The van der Waals surface area contributed by atoms with Crippen LogP contribution in [0.5, 0.6) is 0 Å². The second-order valence-corrected chi connectivity index (χ2v) is 6.48. The van der Waals surface area contributed by atoms with Gasteiger partial charge in [-0.15, -0.1) is 16.9 Å². The Morgan fingerprint density at radius 1 is 1.29 bits per heavy atom. The molecule has 7 heteroatoms. The molecule has 0 saturated heterocycles. The van der Waals surface area contributed by atoms with Crippen LogP contribution in [0.25, 0.3) is 0 Å². The third-order valence-electron chi connectivity index (χ3n) is 3.44. The van der Waals surface area contributed by atoms with E-state index in [2.05, 4.69) is 33.0 Å². The minimum atomic E-state index is -0.140. The first-order valence-electron chi connectivity index (χ1n) is 7.07. The van der Waals surface area contributed by atoms with E-state index in [4.69, 9.17) is 0 Å². The van der Waals surface area contributed by atoms with E-state index in [1.165, 1.54) is 41.6 Å². The summed E-state index contributed by atoms with van der Waals surface area (Å²) < 4.78 is 1.39. The molecule has 1 heterocycles. The number of hydrogen-bond donors (Lipinski definition) is 1. The molecule has 1 aliphatic carbocycles. The summed E-state index contributed by atoms with van der Waals surface area (Å²) >= 11 is 1.94. The molecule has 1 aromatic heterocycles. The van der Waals surface area contributed by atoms with Crippen LogP contribution < -0.4 is 5.32 Å². The van der Waals surface area contributed by atoms with E-state index in [0.29, 0.717) is 0 Å². The first kappa shape index (κ1) is 14.1. The number of aromatic nitrogens is 4. The van der Waals surface area contributed by atoms with E-state index in [-0.39, 0.29) is 12.5 Å². The Morgan fingerprint density at radius 2 is 2.05 bits per heavy atom. The van der Waals surface area contributed by atoms with Gasteiger partial charge in [0.05, 0.1) is 0 Å². The molecule has 0 bridgehead atoms. The van der Waals surface area contributed by atoms with Gasteiger partial charge in [-0.1, -0.05) is 12.8 Å². The van der Waals surface area contributed by atoms with Crippen molar-refractivity contribution in [3.05, 3.63) is 30.6 Å². The zero-order valence-electron chi connectivity index (χ0n) is 11.6. The highest BCUT2D eigenvalue weighted by Gasteiger charge is 2.15. The lowest BCUT2D eigenvalue weighted by Gasteiger charge is -2.09. The van der Waals surface area contributed by atoms with Gasteiger partial charge in [-0.3, -0.25) is 4.79 Å². The van der Waals surface area contributed by atoms with Crippen molar-refractivity contribution in [2.75, 3.05) is 5.32 Å². The van der Waals surface area contributed by atoms with Gasteiger partial charge in [0.15, 0.2) is 0 Å². The first-order valence-corrected chi connectivity index (χ1v) is 7.95. The fraction of sp³-hybridized carbons (Fsp3) is 0.429. The predicted molar refractivity (Wildman–Crippen MR) is 81.0 cm³/mol. The average Bonchev–Trinajstić information content (AvgIpc) is 3.14. The normalized spacial score (nSPS) is 15.2. The van der Waals surface area contributed by atoms with Gasteiger partial charge < -0.3 is 5.32 Å². The summed E-state index contributed by atoms with van der Waals surface area (Å²) in [4.78, 5) is 13.1. The van der Waals surface area contributed by atoms with Gasteiger partial charge >= 0.3 is 0 Å². The van der Waals surface area contributed by atoms with Crippen LogP contribution in [0.1, 0.15) is 25.7 Å². The molecule has 110 valence electrons. The van der Waals surface area contributed by atoms with Crippen molar-refractivity contribution in [1.29, 1.82) is 0 Å². The molecule has 1 aliphatic rings. The monoisotopic (exact) mass is 303 g/mol. The summed E-state index contributed by atoms with van der Waals surface area (Å²) in [5.41, 5.74) is 0.795. The van der Waals surface area contributed by atoms with E-state index in [1.807, 2.05) is 23.9 Å². The molecule has 0 spiro atoms. The molecule has 3 rings (SSSR count). The molecule has 0 atom stereocenters. The Morgan fingerprint density at radius 3 is 2.71 bits per heavy atom. The molecular weight excluding hydrogens is 286 g/mol. The fourth-order valence-corrected chi connectivity index (χ4v) is 3.66. The molecule has 0 unspecified atom stereocenters. The second-order valence-electron chi connectivity index (χ2n) is 5.10. The summed E-state index contributed by atoms with van der Waals surface area (Å²) in [5, 5.41) is 14.2. The number of nitrogens with one attached hydrogen (secondary N) is 1. The number of thioether (sulfide) groups is 1. The van der Waals surface area contributed by atoms with E-state index in [0.717, 1.165) is 10.9 Å². The number of carbonyl (C=O) groups excluding carboxylic acids is 1. The number of rotatable bonds is 5. The van der Waals surface area contributed by atoms with Crippen LogP contribution in [0.2, 0.25) is 0 Å². The summed E-state index contributed by atoms with van der Waals surface area (Å²) in [6, 6.07) is 8.01. The highest BCUT2D eigenvalue weighted by atomic mass is 32.2. The number of benzene rings is 1. The van der Waals surface area contributed by atoms with Crippen LogP contribution in [0.4, 0.5) is 5.69 Å². The van der Waals surface area contributed by atoms with Crippen LogP contribution in [0.3, 0.4) is 0 Å². The zero-order valence-corrected chi connectivity index (χ0v) is 12.4. The van der Waals surface area contributed by atoms with Crippen molar-refractivity contribution in [2.45, 2.75) is 42.4 Å². The molecule has 21 heavy (non-hydrogen) atoms. The first-order chi connectivity index (χ1) is 10.3. The SMILES string of the molecule is O=C(Cn1cnnn1)Nc1ccc(SC2CCCC2)cc1. The molecule has 0 radical (unpaired) electrons. The highest BCUT2D eigenvalue weighted by molar-refractivity contribution is 8.00. The number of tetrazole rings is 1. The Balaban J connectivity index is 1.52. The average molecular weight is 303 g/mol. The van der Waals surface area contributed by atoms with Crippen LogP contribution in [0, 0.1) is 0 Å². The Kier molecular flexibility index (Phi) is 4.49. The van der Waals surface area contributed by atoms with E-state index in [9.17, 15) is 4.79 Å².